The summed E-state index contributed by atoms with van der Waals surface area (Å²) < 4.78 is 37.2. The van der Waals surface area contributed by atoms with E-state index in [1.54, 1.807) is 6.92 Å². The molecule has 1 aromatic heterocycles. The molecule has 0 fully saturated rings. The molecule has 0 aliphatic heterocycles. The molecular weight excluding hydrogens is 171 g/mol. The lowest BCUT2D eigenvalue weighted by Gasteiger charge is -2.06. The van der Waals surface area contributed by atoms with E-state index in [0.29, 0.717) is 0 Å². The van der Waals surface area contributed by atoms with Gasteiger partial charge in [0.15, 0.2) is 0 Å². The van der Waals surface area contributed by atoms with Crippen LogP contribution in [0.1, 0.15) is 12.6 Å². The SMILES string of the molecule is CCn1nc(N)cc1C(F)(F)F. The average molecular weight is 179 g/mol. The lowest BCUT2D eigenvalue weighted by molar-refractivity contribution is -0.144. The molecule has 0 saturated heterocycles. The van der Waals surface area contributed by atoms with Gasteiger partial charge in [0.1, 0.15) is 11.5 Å². The molecule has 0 atom stereocenters. The summed E-state index contributed by atoms with van der Waals surface area (Å²) in [4.78, 5) is 0. The van der Waals surface area contributed by atoms with Gasteiger partial charge >= 0.3 is 6.18 Å². The molecule has 6 heteroatoms. The lowest BCUT2D eigenvalue weighted by atomic mass is 10.4. The maximum Gasteiger partial charge on any atom is 0.433 e. The Morgan fingerprint density at radius 3 is 2.50 bits per heavy atom. The standard InChI is InChI=1S/C6H8F3N3/c1-2-12-4(6(7,8)9)3-5(10)11-12/h3H,2H2,1H3,(H2,10,11). The smallest absolute Gasteiger partial charge is 0.382 e. The molecule has 3 nitrogen and oxygen atoms in total. The molecular formula is C6H8F3N3. The first kappa shape index (κ1) is 8.89. The van der Waals surface area contributed by atoms with E-state index in [4.69, 9.17) is 5.73 Å². The predicted molar refractivity (Wildman–Crippen MR) is 37.3 cm³/mol. The van der Waals surface area contributed by atoms with Crippen LogP contribution in [0, 0.1) is 0 Å². The second-order valence-electron chi connectivity index (χ2n) is 2.27. The van der Waals surface area contributed by atoms with Crippen molar-refractivity contribution in [2.24, 2.45) is 0 Å². The third kappa shape index (κ3) is 1.51. The number of hydrogen-bond acceptors (Lipinski definition) is 2. The minimum absolute atomic E-state index is 0.107. The number of anilines is 1. The van der Waals surface area contributed by atoms with Crippen molar-refractivity contribution in [3.8, 4) is 0 Å². The van der Waals surface area contributed by atoms with Crippen LogP contribution in [-0.4, -0.2) is 9.78 Å². The fourth-order valence-corrected chi connectivity index (χ4v) is 0.906. The van der Waals surface area contributed by atoms with Gasteiger partial charge in [0, 0.05) is 12.6 Å². The minimum atomic E-state index is -4.37. The topological polar surface area (TPSA) is 43.8 Å². The number of alkyl halides is 3. The number of nitrogen functional groups attached to an aromatic ring is 1. The summed E-state index contributed by atoms with van der Waals surface area (Å²) in [5.41, 5.74) is 4.32. The zero-order chi connectivity index (χ0) is 9.35. The first-order valence-corrected chi connectivity index (χ1v) is 3.35. The maximum absolute atomic E-state index is 12.1. The van der Waals surface area contributed by atoms with Gasteiger partial charge in [-0.05, 0) is 6.92 Å². The van der Waals surface area contributed by atoms with Gasteiger partial charge in [-0.15, -0.1) is 0 Å². The molecule has 0 aromatic carbocycles. The maximum atomic E-state index is 12.1. The molecule has 0 bridgehead atoms. The van der Waals surface area contributed by atoms with Crippen molar-refractivity contribution in [1.82, 2.24) is 9.78 Å². The number of rotatable bonds is 1. The zero-order valence-electron chi connectivity index (χ0n) is 6.39. The molecule has 0 saturated carbocycles. The largest absolute Gasteiger partial charge is 0.433 e. The number of nitrogens with zero attached hydrogens (tertiary/aromatic N) is 2. The molecule has 0 aliphatic carbocycles. The molecule has 1 rings (SSSR count). The number of aryl methyl sites for hydroxylation is 1. The fourth-order valence-electron chi connectivity index (χ4n) is 0.906. The van der Waals surface area contributed by atoms with Gasteiger partial charge in [-0.3, -0.25) is 4.68 Å². The Bertz CT molecular complexity index is 276. The molecule has 0 radical (unpaired) electrons. The quantitative estimate of drug-likeness (QED) is 0.710. The third-order valence-electron chi connectivity index (χ3n) is 1.39. The molecule has 1 aromatic rings. The molecule has 68 valence electrons. The number of aromatic nitrogens is 2. The van der Waals surface area contributed by atoms with Crippen molar-refractivity contribution in [3.05, 3.63) is 11.8 Å². The Hall–Kier alpha value is -1.20. The van der Waals surface area contributed by atoms with E-state index in [-0.39, 0.29) is 12.4 Å². The van der Waals surface area contributed by atoms with E-state index in [1.165, 1.54) is 0 Å². The summed E-state index contributed by atoms with van der Waals surface area (Å²) in [6.07, 6.45) is -4.37. The molecule has 0 aliphatic rings. The Morgan fingerprint density at radius 2 is 2.17 bits per heavy atom. The summed E-state index contributed by atoms with van der Waals surface area (Å²) in [7, 11) is 0. The van der Waals surface area contributed by atoms with Gasteiger partial charge in [0.05, 0.1) is 0 Å². The van der Waals surface area contributed by atoms with Crippen molar-refractivity contribution in [3.63, 3.8) is 0 Å². The van der Waals surface area contributed by atoms with Gasteiger partial charge in [0.25, 0.3) is 0 Å². The molecule has 12 heavy (non-hydrogen) atoms. The molecule has 0 amide bonds. The summed E-state index contributed by atoms with van der Waals surface area (Å²) in [6, 6.07) is 0.823. The molecule has 0 unspecified atom stereocenters. The minimum Gasteiger partial charge on any atom is -0.382 e. The van der Waals surface area contributed by atoms with Crippen LogP contribution in [0.15, 0.2) is 6.07 Å². The molecule has 1 heterocycles. The van der Waals surface area contributed by atoms with Crippen LogP contribution in [0.5, 0.6) is 0 Å². The Labute approximate surface area is 67.0 Å². The Morgan fingerprint density at radius 1 is 1.58 bits per heavy atom. The van der Waals surface area contributed by atoms with Crippen LogP contribution in [0.25, 0.3) is 0 Å². The highest BCUT2D eigenvalue weighted by Gasteiger charge is 2.35. The highest BCUT2D eigenvalue weighted by molar-refractivity contribution is 5.30. The van der Waals surface area contributed by atoms with Crippen LogP contribution in [0.3, 0.4) is 0 Å². The summed E-state index contributed by atoms with van der Waals surface area (Å²) in [5.74, 6) is -0.107. The highest BCUT2D eigenvalue weighted by atomic mass is 19.4. The Balaban J connectivity index is 3.13. The number of nitrogens with two attached hydrogens (primary N) is 1. The highest BCUT2D eigenvalue weighted by Crippen LogP contribution is 2.30. The summed E-state index contributed by atoms with van der Waals surface area (Å²) in [6.45, 7) is 1.73. The zero-order valence-corrected chi connectivity index (χ0v) is 6.39. The van der Waals surface area contributed by atoms with Crippen LogP contribution in [0.4, 0.5) is 19.0 Å². The van der Waals surface area contributed by atoms with Crippen LogP contribution >= 0.6 is 0 Å². The van der Waals surface area contributed by atoms with Crippen molar-refractivity contribution >= 4 is 5.82 Å². The van der Waals surface area contributed by atoms with Gasteiger partial charge in [-0.1, -0.05) is 0 Å². The van der Waals surface area contributed by atoms with Crippen LogP contribution < -0.4 is 5.73 Å². The van der Waals surface area contributed by atoms with E-state index >= 15 is 0 Å². The lowest BCUT2D eigenvalue weighted by Crippen LogP contribution is -2.13. The van der Waals surface area contributed by atoms with E-state index in [1.807, 2.05) is 0 Å². The van der Waals surface area contributed by atoms with Gasteiger partial charge in [-0.25, -0.2) is 0 Å². The van der Waals surface area contributed by atoms with Crippen molar-refractivity contribution in [1.29, 1.82) is 0 Å². The van der Waals surface area contributed by atoms with E-state index < -0.39 is 11.9 Å². The fraction of sp³-hybridized carbons (Fsp3) is 0.500. The van der Waals surface area contributed by atoms with E-state index in [0.717, 1.165) is 10.7 Å². The monoisotopic (exact) mass is 179 g/mol. The predicted octanol–water partition coefficient (Wildman–Crippen LogP) is 1.50. The van der Waals surface area contributed by atoms with Crippen LogP contribution in [-0.2, 0) is 12.7 Å². The van der Waals surface area contributed by atoms with Crippen LogP contribution in [0.2, 0.25) is 0 Å². The van der Waals surface area contributed by atoms with Gasteiger partial charge in [-0.2, -0.15) is 18.3 Å². The average Bonchev–Trinajstić information content (AvgIpc) is 2.29. The number of halogens is 3. The van der Waals surface area contributed by atoms with Crippen molar-refractivity contribution in [2.75, 3.05) is 5.73 Å². The first-order chi connectivity index (χ1) is 5.45. The normalized spacial score (nSPS) is 12.0. The first-order valence-electron chi connectivity index (χ1n) is 3.35. The van der Waals surface area contributed by atoms with Crippen molar-refractivity contribution in [2.45, 2.75) is 19.6 Å². The second-order valence-corrected chi connectivity index (χ2v) is 2.27. The Kier molecular flexibility index (Phi) is 1.99. The summed E-state index contributed by atoms with van der Waals surface area (Å²) >= 11 is 0. The molecule has 0 spiro atoms. The van der Waals surface area contributed by atoms with Gasteiger partial charge in [0.2, 0.25) is 0 Å². The van der Waals surface area contributed by atoms with Crippen molar-refractivity contribution < 1.29 is 13.2 Å². The second kappa shape index (κ2) is 2.69. The van der Waals surface area contributed by atoms with E-state index in [2.05, 4.69) is 5.10 Å². The summed E-state index contributed by atoms with van der Waals surface area (Å²) in [5, 5.41) is 3.47. The number of hydrogen-bond donors (Lipinski definition) is 1. The molecule has 2 N–H and O–H groups in total. The van der Waals surface area contributed by atoms with Gasteiger partial charge < -0.3 is 5.73 Å². The van der Waals surface area contributed by atoms with E-state index in [9.17, 15) is 13.2 Å². The third-order valence-corrected chi connectivity index (χ3v) is 1.39.